The molecule has 2 saturated heterocycles. The van der Waals surface area contributed by atoms with Crippen molar-refractivity contribution in [1.82, 2.24) is 9.80 Å². The minimum atomic E-state index is -0.865. The summed E-state index contributed by atoms with van der Waals surface area (Å²) in [5.41, 5.74) is 4.47. The molecule has 0 aliphatic carbocycles. The van der Waals surface area contributed by atoms with E-state index in [2.05, 4.69) is 10.6 Å². The Balaban J connectivity index is 0.981. The summed E-state index contributed by atoms with van der Waals surface area (Å²) >= 11 is 0. The SMILES string of the molecule is O=C(Nc1ccc(C=Cc2ccc(NC(=O)[C@@H]3C[C@@H](O)CN3C(=O)OCc3ccccc3)cc2)cc1)[C@@H]1C[C@@H](O)CN1C(=O)OCc1ccccc1. The minimum Gasteiger partial charge on any atom is -0.445 e. The number of rotatable bonds is 10. The van der Waals surface area contributed by atoms with Crippen molar-refractivity contribution in [3.8, 4) is 0 Å². The molecule has 2 fully saturated rings. The molecule has 6 rings (SSSR count). The number of aliphatic hydroxyl groups excluding tert-OH is 2. The smallest absolute Gasteiger partial charge is 0.410 e. The van der Waals surface area contributed by atoms with Gasteiger partial charge in [-0.15, -0.1) is 0 Å². The Morgan fingerprint density at radius 3 is 1.31 bits per heavy atom. The van der Waals surface area contributed by atoms with Gasteiger partial charge in [0.05, 0.1) is 25.3 Å². The highest BCUT2D eigenvalue weighted by molar-refractivity contribution is 5.98. The summed E-state index contributed by atoms with van der Waals surface area (Å²) in [6.07, 6.45) is 1.05. The van der Waals surface area contributed by atoms with Gasteiger partial charge in [-0.05, 0) is 46.5 Å². The zero-order valence-corrected chi connectivity index (χ0v) is 28.3. The predicted octanol–water partition coefficient (Wildman–Crippen LogP) is 5.28. The highest BCUT2D eigenvalue weighted by Crippen LogP contribution is 2.24. The van der Waals surface area contributed by atoms with Gasteiger partial charge in [0.15, 0.2) is 0 Å². The van der Waals surface area contributed by atoms with Gasteiger partial charge < -0.3 is 30.3 Å². The van der Waals surface area contributed by atoms with E-state index in [1.54, 1.807) is 24.3 Å². The van der Waals surface area contributed by atoms with Crippen LogP contribution in [0.4, 0.5) is 21.0 Å². The van der Waals surface area contributed by atoms with Crippen LogP contribution in [0.15, 0.2) is 109 Å². The fourth-order valence-electron chi connectivity index (χ4n) is 6.13. The van der Waals surface area contributed by atoms with Crippen molar-refractivity contribution < 1.29 is 38.9 Å². The second kappa shape index (κ2) is 16.8. The van der Waals surface area contributed by atoms with Gasteiger partial charge in [0.2, 0.25) is 11.8 Å². The number of likely N-dealkylation sites (tertiary alicyclic amines) is 2. The fraction of sp³-hybridized carbons (Fsp3) is 0.250. The Kier molecular flexibility index (Phi) is 11.6. The van der Waals surface area contributed by atoms with Crippen LogP contribution in [0.3, 0.4) is 0 Å². The summed E-state index contributed by atoms with van der Waals surface area (Å²) in [6.45, 7) is 0.157. The number of hydrogen-bond donors (Lipinski definition) is 4. The Morgan fingerprint density at radius 1 is 0.577 bits per heavy atom. The summed E-state index contributed by atoms with van der Waals surface area (Å²) in [4.78, 5) is 54.2. The second-order valence-corrected chi connectivity index (χ2v) is 12.8. The van der Waals surface area contributed by atoms with Gasteiger partial charge in [-0.1, -0.05) is 97.1 Å². The molecule has 4 aromatic rings. The number of carbonyl (C=O) groups excluding carboxylic acids is 4. The molecular weight excluding hydrogens is 664 g/mol. The van der Waals surface area contributed by atoms with Gasteiger partial charge in [-0.3, -0.25) is 19.4 Å². The van der Waals surface area contributed by atoms with E-state index in [0.717, 1.165) is 22.3 Å². The number of benzene rings is 4. The molecule has 2 heterocycles. The van der Waals surface area contributed by atoms with Crippen LogP contribution in [0.25, 0.3) is 12.2 Å². The Bertz CT molecular complexity index is 1730. The molecule has 12 heteroatoms. The molecule has 4 aromatic carbocycles. The van der Waals surface area contributed by atoms with E-state index in [1.165, 1.54) is 9.80 Å². The summed E-state index contributed by atoms with van der Waals surface area (Å²) in [6, 6.07) is 31.1. The van der Waals surface area contributed by atoms with Crippen molar-refractivity contribution in [3.05, 3.63) is 131 Å². The van der Waals surface area contributed by atoms with Crippen molar-refractivity contribution in [1.29, 1.82) is 0 Å². The lowest BCUT2D eigenvalue weighted by atomic mass is 10.1. The van der Waals surface area contributed by atoms with Crippen molar-refractivity contribution in [2.24, 2.45) is 0 Å². The highest BCUT2D eigenvalue weighted by atomic mass is 16.6. The molecule has 0 aromatic heterocycles. The highest BCUT2D eigenvalue weighted by Gasteiger charge is 2.41. The maximum Gasteiger partial charge on any atom is 0.410 e. The van der Waals surface area contributed by atoms with Crippen molar-refractivity contribution in [2.75, 3.05) is 23.7 Å². The van der Waals surface area contributed by atoms with E-state index in [9.17, 15) is 29.4 Å². The number of anilines is 2. The van der Waals surface area contributed by atoms with Gasteiger partial charge >= 0.3 is 12.2 Å². The van der Waals surface area contributed by atoms with Crippen LogP contribution in [0.5, 0.6) is 0 Å². The van der Waals surface area contributed by atoms with Gasteiger partial charge in [0, 0.05) is 24.2 Å². The predicted molar refractivity (Wildman–Crippen MR) is 195 cm³/mol. The second-order valence-electron chi connectivity index (χ2n) is 12.8. The van der Waals surface area contributed by atoms with Gasteiger partial charge in [-0.2, -0.15) is 0 Å². The third-order valence-corrected chi connectivity index (χ3v) is 8.87. The molecule has 0 bridgehead atoms. The number of β-amino-alcohol motifs (C(OH)–C–C–N with tert-alkyl or cyclic N) is 2. The summed E-state index contributed by atoms with van der Waals surface area (Å²) < 4.78 is 10.8. The molecule has 2 aliphatic heterocycles. The molecule has 268 valence electrons. The molecule has 2 aliphatic rings. The van der Waals surface area contributed by atoms with Crippen LogP contribution in [-0.4, -0.2) is 81.4 Å². The monoisotopic (exact) mass is 704 g/mol. The normalized spacial score (nSPS) is 19.7. The standard InChI is InChI=1S/C40H40N4O8/c45-33-21-35(43(23-33)39(49)51-25-29-7-3-1-4-8-29)37(47)41-31-17-13-27(14-18-31)11-12-28-15-19-32(20-16-28)42-38(48)36-22-34(46)24-44(36)40(50)52-26-30-9-5-2-6-10-30/h1-20,33-36,45-46H,21-26H2,(H,41,47)(H,42,48)/t33-,34-,35+,36+/m1/s1. The number of hydrogen-bond acceptors (Lipinski definition) is 8. The fourth-order valence-corrected chi connectivity index (χ4v) is 6.13. The molecule has 4 amide bonds. The molecular formula is C40H40N4O8. The Labute approximate surface area is 301 Å². The first kappa shape index (κ1) is 35.8. The Morgan fingerprint density at radius 2 is 0.942 bits per heavy atom. The lowest BCUT2D eigenvalue weighted by Crippen LogP contribution is -2.43. The molecule has 4 N–H and O–H groups in total. The van der Waals surface area contributed by atoms with E-state index < -0.39 is 48.3 Å². The molecule has 0 spiro atoms. The topological polar surface area (TPSA) is 158 Å². The van der Waals surface area contributed by atoms with Crippen LogP contribution >= 0.6 is 0 Å². The van der Waals surface area contributed by atoms with Crippen LogP contribution in [-0.2, 0) is 32.3 Å². The van der Waals surface area contributed by atoms with Crippen molar-refractivity contribution in [3.63, 3.8) is 0 Å². The summed E-state index contributed by atoms with van der Waals surface area (Å²) in [7, 11) is 0. The van der Waals surface area contributed by atoms with E-state index in [-0.39, 0.29) is 39.1 Å². The molecule has 0 radical (unpaired) electrons. The summed E-state index contributed by atoms with van der Waals surface area (Å²) in [5, 5.41) is 26.1. The van der Waals surface area contributed by atoms with Gasteiger partial charge in [0.1, 0.15) is 25.3 Å². The quantitative estimate of drug-likeness (QED) is 0.163. The molecule has 4 atom stereocenters. The first-order chi connectivity index (χ1) is 25.2. The van der Waals surface area contributed by atoms with E-state index >= 15 is 0 Å². The lowest BCUT2D eigenvalue weighted by molar-refractivity contribution is -0.120. The van der Waals surface area contributed by atoms with Crippen molar-refractivity contribution in [2.45, 2.75) is 50.3 Å². The van der Waals surface area contributed by atoms with Crippen LogP contribution < -0.4 is 10.6 Å². The first-order valence-corrected chi connectivity index (χ1v) is 17.0. The molecule has 12 nitrogen and oxygen atoms in total. The number of nitrogens with one attached hydrogen (secondary N) is 2. The third kappa shape index (κ3) is 9.42. The largest absolute Gasteiger partial charge is 0.445 e. The molecule has 52 heavy (non-hydrogen) atoms. The minimum absolute atomic E-state index is 0.0120. The Hall–Kier alpha value is -5.98. The number of aliphatic hydroxyl groups is 2. The maximum absolute atomic E-state index is 13.1. The zero-order chi connectivity index (χ0) is 36.5. The van der Waals surface area contributed by atoms with Gasteiger partial charge in [0.25, 0.3) is 0 Å². The molecule has 0 unspecified atom stereocenters. The van der Waals surface area contributed by atoms with E-state index in [1.807, 2.05) is 97.1 Å². The average molecular weight is 705 g/mol. The maximum atomic E-state index is 13.1. The number of nitrogens with zero attached hydrogens (tertiary/aromatic N) is 2. The summed E-state index contributed by atoms with van der Waals surface area (Å²) in [5.74, 6) is -0.827. The zero-order valence-electron chi connectivity index (χ0n) is 28.3. The average Bonchev–Trinajstić information content (AvgIpc) is 3.77. The first-order valence-electron chi connectivity index (χ1n) is 17.0. The number of amides is 4. The van der Waals surface area contributed by atoms with Crippen LogP contribution in [0, 0.1) is 0 Å². The van der Waals surface area contributed by atoms with E-state index in [4.69, 9.17) is 9.47 Å². The molecule has 0 saturated carbocycles. The van der Waals surface area contributed by atoms with Crippen LogP contribution in [0.2, 0.25) is 0 Å². The van der Waals surface area contributed by atoms with Gasteiger partial charge in [-0.25, -0.2) is 9.59 Å². The van der Waals surface area contributed by atoms with Crippen molar-refractivity contribution >= 4 is 47.5 Å². The lowest BCUT2D eigenvalue weighted by Gasteiger charge is -2.23. The van der Waals surface area contributed by atoms with Crippen LogP contribution in [0.1, 0.15) is 35.1 Å². The third-order valence-electron chi connectivity index (χ3n) is 8.87. The number of ether oxygens (including phenoxy) is 2. The number of carbonyl (C=O) groups is 4. The van der Waals surface area contributed by atoms with E-state index in [0.29, 0.717) is 11.4 Å².